The fourth-order valence-electron chi connectivity index (χ4n) is 1.76. The minimum absolute atomic E-state index is 0.105. The number of thiazole rings is 1. The molecule has 0 saturated heterocycles. The Morgan fingerprint density at radius 3 is 2.39 bits per heavy atom. The van der Waals surface area contributed by atoms with E-state index in [-0.39, 0.29) is 11.0 Å². The molecule has 1 atom stereocenters. The lowest BCUT2D eigenvalue weighted by Crippen LogP contribution is -2.43. The molecule has 0 aliphatic heterocycles. The van der Waals surface area contributed by atoms with E-state index in [1.54, 1.807) is 11.3 Å². The predicted octanol–water partition coefficient (Wildman–Crippen LogP) is 3.30. The molecule has 1 unspecified atom stereocenters. The minimum Gasteiger partial charge on any atom is -0.379 e. The van der Waals surface area contributed by atoms with E-state index < -0.39 is 0 Å². The summed E-state index contributed by atoms with van der Waals surface area (Å²) in [5.41, 5.74) is 1.08. The summed E-state index contributed by atoms with van der Waals surface area (Å²) in [5, 5.41) is 6.77. The van der Waals surface area contributed by atoms with Crippen molar-refractivity contribution in [3.8, 4) is 0 Å². The van der Waals surface area contributed by atoms with E-state index in [1.165, 1.54) is 0 Å². The second-order valence-corrected chi connectivity index (χ2v) is 6.65. The number of hydrogen-bond acceptors (Lipinski definition) is 4. The molecule has 18 heavy (non-hydrogen) atoms. The van der Waals surface area contributed by atoms with Gasteiger partial charge < -0.3 is 10.1 Å². The fraction of sp³-hybridized carbons (Fsp3) is 0.786. The van der Waals surface area contributed by atoms with Crippen molar-refractivity contribution in [3.63, 3.8) is 0 Å². The van der Waals surface area contributed by atoms with E-state index in [2.05, 4.69) is 45.3 Å². The van der Waals surface area contributed by atoms with Gasteiger partial charge in [0.1, 0.15) is 5.01 Å². The van der Waals surface area contributed by atoms with Gasteiger partial charge in [-0.25, -0.2) is 4.98 Å². The Morgan fingerprint density at radius 1 is 1.28 bits per heavy atom. The number of hydrogen-bond donors (Lipinski definition) is 1. The largest absolute Gasteiger partial charge is 0.379 e. The normalized spacial score (nSPS) is 15.7. The van der Waals surface area contributed by atoms with Crippen LogP contribution in [0, 0.1) is 0 Å². The third-order valence-electron chi connectivity index (χ3n) is 2.91. The predicted molar refractivity (Wildman–Crippen MR) is 78.3 cm³/mol. The molecule has 1 rings (SSSR count). The van der Waals surface area contributed by atoms with Crippen LogP contribution < -0.4 is 5.32 Å². The smallest absolute Gasteiger partial charge is 0.115 e. The monoisotopic (exact) mass is 270 g/mol. The summed E-state index contributed by atoms with van der Waals surface area (Å²) < 4.78 is 5.60. The maximum atomic E-state index is 5.60. The maximum absolute atomic E-state index is 5.60. The third-order valence-corrected chi connectivity index (χ3v) is 4.01. The molecule has 1 aromatic heterocycles. The van der Waals surface area contributed by atoms with Gasteiger partial charge in [0.2, 0.25) is 0 Å². The van der Waals surface area contributed by atoms with Gasteiger partial charge in [-0.3, -0.25) is 0 Å². The molecule has 0 radical (unpaired) electrons. The molecule has 1 aromatic rings. The highest BCUT2D eigenvalue weighted by Gasteiger charge is 2.30. The quantitative estimate of drug-likeness (QED) is 0.861. The molecule has 0 aliphatic rings. The van der Waals surface area contributed by atoms with Crippen molar-refractivity contribution in [2.45, 2.75) is 52.5 Å². The number of ether oxygens (including phenoxy) is 1. The molecule has 0 spiro atoms. The number of aromatic nitrogens is 1. The van der Waals surface area contributed by atoms with Gasteiger partial charge in [-0.15, -0.1) is 11.3 Å². The van der Waals surface area contributed by atoms with Crippen LogP contribution in [-0.4, -0.2) is 24.7 Å². The van der Waals surface area contributed by atoms with Crippen molar-refractivity contribution in [2.24, 2.45) is 0 Å². The molecule has 1 heterocycles. The van der Waals surface area contributed by atoms with E-state index in [1.807, 2.05) is 6.92 Å². The first-order valence-corrected chi connectivity index (χ1v) is 7.50. The average molecular weight is 270 g/mol. The van der Waals surface area contributed by atoms with Crippen molar-refractivity contribution in [2.75, 3.05) is 19.8 Å². The zero-order valence-electron chi connectivity index (χ0n) is 12.5. The van der Waals surface area contributed by atoms with Crippen LogP contribution in [0.25, 0.3) is 0 Å². The van der Waals surface area contributed by atoms with E-state index in [9.17, 15) is 0 Å². The molecule has 0 fully saturated rings. The van der Waals surface area contributed by atoms with Crippen LogP contribution in [0.15, 0.2) is 5.38 Å². The van der Waals surface area contributed by atoms with E-state index in [0.717, 1.165) is 23.9 Å². The number of nitrogens with zero attached hydrogens (tertiary/aromatic N) is 1. The van der Waals surface area contributed by atoms with Gasteiger partial charge in [0.25, 0.3) is 0 Å². The highest BCUT2D eigenvalue weighted by molar-refractivity contribution is 7.09. The Morgan fingerprint density at radius 2 is 1.94 bits per heavy atom. The lowest BCUT2D eigenvalue weighted by molar-refractivity contribution is 0.0838. The Labute approximate surface area is 115 Å². The Hall–Kier alpha value is -0.450. The molecule has 0 amide bonds. The van der Waals surface area contributed by atoms with Crippen molar-refractivity contribution >= 4 is 11.3 Å². The van der Waals surface area contributed by atoms with E-state index in [0.29, 0.717) is 6.61 Å². The van der Waals surface area contributed by atoms with Crippen LogP contribution in [0.4, 0.5) is 0 Å². The molecule has 4 heteroatoms. The Balaban J connectivity index is 2.95. The third kappa shape index (κ3) is 3.77. The minimum atomic E-state index is -0.182. The van der Waals surface area contributed by atoms with E-state index in [4.69, 9.17) is 9.72 Å². The first-order chi connectivity index (χ1) is 8.33. The van der Waals surface area contributed by atoms with Crippen LogP contribution in [0.1, 0.15) is 52.2 Å². The van der Waals surface area contributed by atoms with Crippen LogP contribution in [0.2, 0.25) is 0 Å². The highest BCUT2D eigenvalue weighted by Crippen LogP contribution is 2.30. The fourth-order valence-corrected chi connectivity index (χ4v) is 2.93. The van der Waals surface area contributed by atoms with Crippen molar-refractivity contribution < 1.29 is 4.74 Å². The van der Waals surface area contributed by atoms with Gasteiger partial charge >= 0.3 is 0 Å². The van der Waals surface area contributed by atoms with Crippen LogP contribution in [-0.2, 0) is 15.7 Å². The topological polar surface area (TPSA) is 34.1 Å². The van der Waals surface area contributed by atoms with E-state index >= 15 is 0 Å². The molecule has 0 bridgehead atoms. The van der Waals surface area contributed by atoms with Gasteiger partial charge in [0, 0.05) is 17.4 Å². The van der Waals surface area contributed by atoms with Crippen molar-refractivity contribution in [1.29, 1.82) is 0 Å². The van der Waals surface area contributed by atoms with Crippen molar-refractivity contribution in [1.82, 2.24) is 10.3 Å². The van der Waals surface area contributed by atoms with Gasteiger partial charge in [-0.1, -0.05) is 27.7 Å². The first-order valence-electron chi connectivity index (χ1n) is 6.62. The molecule has 1 N–H and O–H groups in total. The molecule has 104 valence electrons. The summed E-state index contributed by atoms with van der Waals surface area (Å²) in [7, 11) is 0. The second-order valence-electron chi connectivity index (χ2n) is 5.79. The van der Waals surface area contributed by atoms with Gasteiger partial charge in [0.15, 0.2) is 0 Å². The zero-order valence-corrected chi connectivity index (χ0v) is 13.3. The molecule has 0 saturated carbocycles. The number of nitrogens with one attached hydrogen (secondary N) is 1. The summed E-state index contributed by atoms with van der Waals surface area (Å²) in [6, 6.07) is 0. The lowest BCUT2D eigenvalue weighted by Gasteiger charge is -2.28. The molecule has 0 aromatic carbocycles. The van der Waals surface area contributed by atoms with Gasteiger partial charge in [-0.05, 0) is 20.4 Å². The van der Waals surface area contributed by atoms with Crippen LogP contribution in [0.5, 0.6) is 0 Å². The Bertz CT molecular complexity index is 370. The van der Waals surface area contributed by atoms with Crippen LogP contribution >= 0.6 is 11.3 Å². The molecule has 3 nitrogen and oxygen atoms in total. The average Bonchev–Trinajstić information content (AvgIpc) is 2.76. The standard InChI is InChI=1S/C14H26N2OS/c1-7-15-14(6,10-17-8-2)12-16-11(9-18-12)13(3,4)5/h9,15H,7-8,10H2,1-6H3. The molecular weight excluding hydrogens is 244 g/mol. The van der Waals surface area contributed by atoms with Crippen LogP contribution in [0.3, 0.4) is 0 Å². The molecular formula is C14H26N2OS. The van der Waals surface area contributed by atoms with Gasteiger partial charge in [0.05, 0.1) is 17.8 Å². The zero-order chi connectivity index (χ0) is 13.8. The second kappa shape index (κ2) is 6.13. The summed E-state index contributed by atoms with van der Waals surface area (Å²) in [6.45, 7) is 15.2. The SMILES string of the molecule is CCNC(C)(COCC)c1nc(C(C)(C)C)cs1. The first kappa shape index (κ1) is 15.6. The highest BCUT2D eigenvalue weighted by atomic mass is 32.1. The number of likely N-dealkylation sites (N-methyl/N-ethyl adjacent to an activating group) is 1. The Kier molecular flexibility index (Phi) is 5.32. The summed E-state index contributed by atoms with van der Waals surface area (Å²) >= 11 is 1.72. The lowest BCUT2D eigenvalue weighted by atomic mass is 9.93. The summed E-state index contributed by atoms with van der Waals surface area (Å²) in [4.78, 5) is 4.80. The number of rotatable bonds is 6. The summed E-state index contributed by atoms with van der Waals surface area (Å²) in [5.74, 6) is 0. The van der Waals surface area contributed by atoms with Gasteiger partial charge in [-0.2, -0.15) is 0 Å². The van der Waals surface area contributed by atoms with Crippen molar-refractivity contribution in [3.05, 3.63) is 16.1 Å². The molecule has 0 aliphatic carbocycles. The maximum Gasteiger partial charge on any atom is 0.115 e. The summed E-state index contributed by atoms with van der Waals surface area (Å²) in [6.07, 6.45) is 0.